The second-order valence-corrected chi connectivity index (χ2v) is 6.60. The highest BCUT2D eigenvalue weighted by molar-refractivity contribution is 5.41. The second kappa shape index (κ2) is 7.07. The van der Waals surface area contributed by atoms with Crippen LogP contribution >= 0.6 is 0 Å². The van der Waals surface area contributed by atoms with E-state index in [1.807, 2.05) is 6.20 Å². The standard InChI is InChI=1S/C17H29N3/c1-13(2)10-18-11-16-7-8-17(19-12-16)20-9-5-6-14(3)15(20)4/h7-8,12-15,18H,5-6,9-11H2,1-4H3. The molecule has 1 fully saturated rings. The molecule has 3 nitrogen and oxygen atoms in total. The summed E-state index contributed by atoms with van der Waals surface area (Å²) in [5, 5.41) is 3.46. The minimum atomic E-state index is 0.598. The molecule has 0 amide bonds. The summed E-state index contributed by atoms with van der Waals surface area (Å²) in [4.78, 5) is 7.13. The summed E-state index contributed by atoms with van der Waals surface area (Å²) >= 11 is 0. The van der Waals surface area contributed by atoms with Gasteiger partial charge in [-0.05, 0) is 49.8 Å². The normalized spacial score (nSPS) is 23.4. The van der Waals surface area contributed by atoms with E-state index >= 15 is 0 Å². The lowest BCUT2D eigenvalue weighted by molar-refractivity contribution is 0.361. The van der Waals surface area contributed by atoms with Gasteiger partial charge in [0, 0.05) is 25.3 Å². The van der Waals surface area contributed by atoms with Gasteiger partial charge in [-0.1, -0.05) is 26.8 Å². The number of anilines is 1. The fourth-order valence-electron chi connectivity index (χ4n) is 2.86. The van der Waals surface area contributed by atoms with Crippen LogP contribution in [0, 0.1) is 11.8 Å². The molecule has 1 aromatic heterocycles. The van der Waals surface area contributed by atoms with Crippen LogP contribution < -0.4 is 10.2 Å². The Kier molecular flexibility index (Phi) is 5.41. The number of rotatable bonds is 5. The van der Waals surface area contributed by atoms with Crippen LogP contribution in [0.25, 0.3) is 0 Å². The molecule has 112 valence electrons. The van der Waals surface area contributed by atoms with Crippen molar-refractivity contribution in [2.24, 2.45) is 11.8 Å². The van der Waals surface area contributed by atoms with Crippen molar-refractivity contribution in [1.82, 2.24) is 10.3 Å². The molecule has 0 radical (unpaired) electrons. The molecule has 1 aliphatic heterocycles. The van der Waals surface area contributed by atoms with Crippen LogP contribution in [0.4, 0.5) is 5.82 Å². The maximum absolute atomic E-state index is 4.67. The molecule has 2 rings (SSSR count). The van der Waals surface area contributed by atoms with Gasteiger partial charge in [-0.3, -0.25) is 0 Å². The van der Waals surface area contributed by atoms with Crippen LogP contribution in [-0.2, 0) is 6.54 Å². The van der Waals surface area contributed by atoms with Crippen LogP contribution in [0.15, 0.2) is 18.3 Å². The molecule has 1 aliphatic rings. The first kappa shape index (κ1) is 15.3. The average Bonchev–Trinajstić information content (AvgIpc) is 2.42. The predicted octanol–water partition coefficient (Wildman–Crippen LogP) is 3.45. The lowest BCUT2D eigenvalue weighted by Crippen LogP contribution is -2.42. The number of aromatic nitrogens is 1. The summed E-state index contributed by atoms with van der Waals surface area (Å²) in [6.45, 7) is 12.2. The first-order valence-corrected chi connectivity index (χ1v) is 8.00. The van der Waals surface area contributed by atoms with Crippen LogP contribution in [0.2, 0.25) is 0 Å². The van der Waals surface area contributed by atoms with Crippen molar-refractivity contribution in [3.05, 3.63) is 23.9 Å². The number of nitrogens with zero attached hydrogens (tertiary/aromatic N) is 2. The molecule has 2 atom stereocenters. The summed E-state index contributed by atoms with van der Waals surface area (Å²) in [6, 6.07) is 4.99. The van der Waals surface area contributed by atoms with Gasteiger partial charge in [0.05, 0.1) is 0 Å². The Morgan fingerprint density at radius 1 is 1.35 bits per heavy atom. The maximum atomic E-state index is 4.67. The molecular formula is C17H29N3. The van der Waals surface area contributed by atoms with Crippen LogP contribution in [0.5, 0.6) is 0 Å². The van der Waals surface area contributed by atoms with Crippen molar-refractivity contribution in [2.75, 3.05) is 18.0 Å². The molecule has 1 saturated heterocycles. The van der Waals surface area contributed by atoms with E-state index in [9.17, 15) is 0 Å². The maximum Gasteiger partial charge on any atom is 0.128 e. The molecule has 2 heterocycles. The van der Waals surface area contributed by atoms with Gasteiger partial charge in [-0.25, -0.2) is 4.98 Å². The van der Waals surface area contributed by atoms with E-state index in [1.165, 1.54) is 18.4 Å². The van der Waals surface area contributed by atoms with Crippen molar-refractivity contribution >= 4 is 5.82 Å². The van der Waals surface area contributed by atoms with Gasteiger partial charge in [-0.2, -0.15) is 0 Å². The lowest BCUT2D eigenvalue weighted by atomic mass is 9.92. The monoisotopic (exact) mass is 275 g/mol. The molecule has 0 aliphatic carbocycles. The highest BCUT2D eigenvalue weighted by Crippen LogP contribution is 2.26. The first-order valence-electron chi connectivity index (χ1n) is 8.00. The summed E-state index contributed by atoms with van der Waals surface area (Å²) in [7, 11) is 0. The highest BCUT2D eigenvalue weighted by atomic mass is 15.2. The van der Waals surface area contributed by atoms with Crippen molar-refractivity contribution in [1.29, 1.82) is 0 Å². The molecule has 20 heavy (non-hydrogen) atoms. The average molecular weight is 275 g/mol. The summed E-state index contributed by atoms with van der Waals surface area (Å²) in [6.07, 6.45) is 4.65. The Morgan fingerprint density at radius 2 is 2.15 bits per heavy atom. The first-order chi connectivity index (χ1) is 9.58. The number of hydrogen-bond acceptors (Lipinski definition) is 3. The highest BCUT2D eigenvalue weighted by Gasteiger charge is 2.25. The van der Waals surface area contributed by atoms with Gasteiger partial charge in [0.2, 0.25) is 0 Å². The van der Waals surface area contributed by atoms with E-state index in [2.05, 4.69) is 55.0 Å². The zero-order valence-corrected chi connectivity index (χ0v) is 13.4. The van der Waals surface area contributed by atoms with Crippen LogP contribution in [-0.4, -0.2) is 24.1 Å². The fourth-order valence-corrected chi connectivity index (χ4v) is 2.86. The zero-order valence-electron chi connectivity index (χ0n) is 13.4. The van der Waals surface area contributed by atoms with Gasteiger partial charge in [-0.15, -0.1) is 0 Å². The molecular weight excluding hydrogens is 246 g/mol. The Morgan fingerprint density at radius 3 is 2.80 bits per heavy atom. The number of hydrogen-bond donors (Lipinski definition) is 1. The third-order valence-electron chi connectivity index (χ3n) is 4.36. The zero-order chi connectivity index (χ0) is 14.5. The van der Waals surface area contributed by atoms with Crippen molar-refractivity contribution in [2.45, 2.75) is 53.1 Å². The molecule has 3 heteroatoms. The van der Waals surface area contributed by atoms with Gasteiger partial charge in [0.15, 0.2) is 0 Å². The summed E-state index contributed by atoms with van der Waals surface area (Å²) < 4.78 is 0. The second-order valence-electron chi connectivity index (χ2n) is 6.60. The number of pyridine rings is 1. The molecule has 1 aromatic rings. The Bertz CT molecular complexity index is 399. The van der Waals surface area contributed by atoms with Gasteiger partial charge < -0.3 is 10.2 Å². The summed E-state index contributed by atoms with van der Waals surface area (Å²) in [5.41, 5.74) is 1.27. The SMILES string of the molecule is CC(C)CNCc1ccc(N2CCCC(C)C2C)nc1. The van der Waals surface area contributed by atoms with E-state index in [1.54, 1.807) is 0 Å². The summed E-state index contributed by atoms with van der Waals surface area (Å²) in [5.74, 6) is 2.59. The minimum absolute atomic E-state index is 0.598. The lowest BCUT2D eigenvalue weighted by Gasteiger charge is -2.38. The quantitative estimate of drug-likeness (QED) is 0.892. The smallest absolute Gasteiger partial charge is 0.128 e. The largest absolute Gasteiger partial charge is 0.354 e. The third kappa shape index (κ3) is 3.95. The van der Waals surface area contributed by atoms with Gasteiger partial charge in [0.25, 0.3) is 0 Å². The Balaban J connectivity index is 1.93. The third-order valence-corrected chi connectivity index (χ3v) is 4.36. The molecule has 0 aromatic carbocycles. The van der Waals surface area contributed by atoms with Crippen LogP contribution in [0.1, 0.15) is 46.1 Å². The fraction of sp³-hybridized carbons (Fsp3) is 0.706. The van der Waals surface area contributed by atoms with Gasteiger partial charge in [0.1, 0.15) is 5.82 Å². The Hall–Kier alpha value is -1.09. The van der Waals surface area contributed by atoms with Crippen molar-refractivity contribution in [3.8, 4) is 0 Å². The van der Waals surface area contributed by atoms with Crippen LogP contribution in [0.3, 0.4) is 0 Å². The van der Waals surface area contributed by atoms with Crippen molar-refractivity contribution < 1.29 is 0 Å². The minimum Gasteiger partial charge on any atom is -0.354 e. The number of piperidine rings is 1. The topological polar surface area (TPSA) is 28.2 Å². The molecule has 0 saturated carbocycles. The number of nitrogens with one attached hydrogen (secondary N) is 1. The predicted molar refractivity (Wildman–Crippen MR) is 86.0 cm³/mol. The van der Waals surface area contributed by atoms with Gasteiger partial charge >= 0.3 is 0 Å². The molecule has 2 unspecified atom stereocenters. The van der Waals surface area contributed by atoms with E-state index in [0.717, 1.165) is 31.4 Å². The van der Waals surface area contributed by atoms with E-state index in [-0.39, 0.29) is 0 Å². The molecule has 1 N–H and O–H groups in total. The van der Waals surface area contributed by atoms with E-state index in [0.29, 0.717) is 12.0 Å². The van der Waals surface area contributed by atoms with E-state index < -0.39 is 0 Å². The molecule has 0 spiro atoms. The molecule has 0 bridgehead atoms. The Labute approximate surface area is 123 Å². The van der Waals surface area contributed by atoms with E-state index in [4.69, 9.17) is 0 Å². The van der Waals surface area contributed by atoms with Crippen molar-refractivity contribution in [3.63, 3.8) is 0 Å².